The van der Waals surface area contributed by atoms with Crippen molar-refractivity contribution in [3.63, 3.8) is 0 Å². The van der Waals surface area contributed by atoms with Crippen molar-refractivity contribution >= 4 is 6.09 Å². The number of nitrogens with two attached hydrogens (primary N) is 1. The number of hydrogen-bond acceptors (Lipinski definition) is 3. The van der Waals surface area contributed by atoms with Gasteiger partial charge in [0.1, 0.15) is 0 Å². The van der Waals surface area contributed by atoms with Gasteiger partial charge in [-0.05, 0) is 6.92 Å². The fraction of sp³-hybridized carbons (Fsp3) is 0.500. The summed E-state index contributed by atoms with van der Waals surface area (Å²) in [7, 11) is 0. The Morgan fingerprint density at radius 1 is 2.00 bits per heavy atom. The Labute approximate surface area is 60.0 Å². The highest BCUT2D eigenvalue weighted by atomic mass is 16.6. The summed E-state index contributed by atoms with van der Waals surface area (Å²) < 4.78 is 4.53. The van der Waals surface area contributed by atoms with Crippen LogP contribution in [0.4, 0.5) is 4.79 Å². The van der Waals surface area contributed by atoms with Crippen molar-refractivity contribution in [3.8, 4) is 0 Å². The Morgan fingerprint density at radius 3 is 3.00 bits per heavy atom. The number of nitrogens with one attached hydrogen (secondary N) is 1. The van der Waals surface area contributed by atoms with Crippen molar-refractivity contribution in [1.82, 2.24) is 5.32 Å². The number of ether oxygens (including phenoxy) is 1. The third kappa shape index (κ3) is 5.11. The summed E-state index contributed by atoms with van der Waals surface area (Å²) in [6.07, 6.45) is 0.542. The topological polar surface area (TPSA) is 64.3 Å². The molecule has 0 fully saturated rings. The van der Waals surface area contributed by atoms with Crippen LogP contribution < -0.4 is 11.1 Å². The quantitative estimate of drug-likeness (QED) is 0.437. The van der Waals surface area contributed by atoms with E-state index in [-0.39, 0.29) is 6.23 Å². The first kappa shape index (κ1) is 8.97. The zero-order chi connectivity index (χ0) is 7.98. The van der Waals surface area contributed by atoms with Gasteiger partial charge in [-0.15, -0.1) is 6.58 Å². The van der Waals surface area contributed by atoms with E-state index >= 15 is 0 Å². The van der Waals surface area contributed by atoms with Gasteiger partial charge in [0.15, 0.2) is 6.23 Å². The smallest absolute Gasteiger partial charge is 0.406 e. The lowest BCUT2D eigenvalue weighted by Gasteiger charge is -2.10. The van der Waals surface area contributed by atoms with Gasteiger partial charge in [0.25, 0.3) is 0 Å². The number of amides is 1. The monoisotopic (exact) mass is 144 g/mol. The maximum Gasteiger partial charge on any atom is 0.406 e. The van der Waals surface area contributed by atoms with Gasteiger partial charge in [0.2, 0.25) is 0 Å². The number of hydrogen-bond donors (Lipinski definition) is 2. The Balaban J connectivity index is 3.33. The zero-order valence-corrected chi connectivity index (χ0v) is 5.96. The summed E-state index contributed by atoms with van der Waals surface area (Å²) in [5, 5.41) is 2.82. The fourth-order valence-electron chi connectivity index (χ4n) is 0.465. The van der Waals surface area contributed by atoms with Crippen molar-refractivity contribution in [2.75, 3.05) is 6.54 Å². The summed E-state index contributed by atoms with van der Waals surface area (Å²) in [5.41, 5.74) is 4.74. The molecule has 3 N–H and O–H groups in total. The minimum Gasteiger partial charge on any atom is -0.431 e. The van der Waals surface area contributed by atoms with E-state index in [4.69, 9.17) is 5.73 Å². The first-order valence-corrected chi connectivity index (χ1v) is 2.97. The standard InChI is InChI=1S/C6H12N2O2/c1-3-4-8-5(2)10-6(7)9/h3,5,8H,1,4H2,2H3,(H2,7,9). The molecule has 0 spiro atoms. The molecule has 4 nitrogen and oxygen atoms in total. The van der Waals surface area contributed by atoms with E-state index in [0.717, 1.165) is 0 Å². The Kier molecular flexibility index (Phi) is 4.32. The average Bonchev–Trinajstić information content (AvgIpc) is 1.82. The van der Waals surface area contributed by atoms with E-state index in [1.165, 1.54) is 0 Å². The summed E-state index contributed by atoms with van der Waals surface area (Å²) in [6.45, 7) is 5.76. The molecule has 0 aromatic carbocycles. The molecule has 0 rings (SSSR count). The van der Waals surface area contributed by atoms with Gasteiger partial charge >= 0.3 is 6.09 Å². The Bertz CT molecular complexity index is 125. The molecule has 0 aromatic heterocycles. The molecule has 4 heteroatoms. The predicted octanol–water partition coefficient (Wildman–Crippen LogP) is 0.203. The van der Waals surface area contributed by atoms with Crippen molar-refractivity contribution in [2.24, 2.45) is 5.73 Å². The molecule has 0 aromatic rings. The highest BCUT2D eigenvalue weighted by Gasteiger charge is 2.01. The number of rotatable bonds is 4. The van der Waals surface area contributed by atoms with Crippen LogP contribution in [0, 0.1) is 0 Å². The van der Waals surface area contributed by atoms with Gasteiger partial charge in [0, 0.05) is 6.54 Å². The zero-order valence-electron chi connectivity index (χ0n) is 5.96. The van der Waals surface area contributed by atoms with Gasteiger partial charge in [-0.25, -0.2) is 4.79 Å². The molecule has 10 heavy (non-hydrogen) atoms. The van der Waals surface area contributed by atoms with E-state index in [2.05, 4.69) is 16.6 Å². The van der Waals surface area contributed by atoms with E-state index in [1.54, 1.807) is 13.0 Å². The highest BCUT2D eigenvalue weighted by Crippen LogP contribution is 1.83. The van der Waals surface area contributed by atoms with Crippen LogP contribution in [0.5, 0.6) is 0 Å². The molecule has 58 valence electrons. The molecule has 0 saturated heterocycles. The molecule has 0 aliphatic heterocycles. The number of carbonyl (C=O) groups is 1. The highest BCUT2D eigenvalue weighted by molar-refractivity contribution is 5.64. The van der Waals surface area contributed by atoms with E-state index in [0.29, 0.717) is 6.54 Å². The van der Waals surface area contributed by atoms with Crippen LogP contribution in [-0.2, 0) is 4.74 Å². The van der Waals surface area contributed by atoms with Crippen LogP contribution in [0.15, 0.2) is 12.7 Å². The van der Waals surface area contributed by atoms with Gasteiger partial charge in [-0.3, -0.25) is 5.32 Å². The van der Waals surface area contributed by atoms with Crippen LogP contribution in [0.1, 0.15) is 6.92 Å². The number of primary amides is 1. The summed E-state index contributed by atoms with van der Waals surface area (Å²) in [5.74, 6) is 0. The fourth-order valence-corrected chi connectivity index (χ4v) is 0.465. The average molecular weight is 144 g/mol. The van der Waals surface area contributed by atoms with Crippen molar-refractivity contribution in [2.45, 2.75) is 13.2 Å². The van der Waals surface area contributed by atoms with Crippen molar-refractivity contribution < 1.29 is 9.53 Å². The lowest BCUT2D eigenvalue weighted by Crippen LogP contribution is -2.33. The molecule has 0 aliphatic rings. The maximum atomic E-state index is 10.1. The first-order valence-electron chi connectivity index (χ1n) is 2.97. The van der Waals surface area contributed by atoms with Crippen LogP contribution in [-0.4, -0.2) is 18.9 Å². The predicted molar refractivity (Wildman–Crippen MR) is 38.3 cm³/mol. The van der Waals surface area contributed by atoms with Gasteiger partial charge < -0.3 is 10.5 Å². The van der Waals surface area contributed by atoms with Gasteiger partial charge in [-0.2, -0.15) is 0 Å². The molecule has 0 radical (unpaired) electrons. The minimum atomic E-state index is -0.774. The van der Waals surface area contributed by atoms with E-state index < -0.39 is 6.09 Å². The van der Waals surface area contributed by atoms with E-state index in [1.807, 2.05) is 0 Å². The molecule has 0 heterocycles. The maximum absolute atomic E-state index is 10.1. The van der Waals surface area contributed by atoms with Crippen LogP contribution in [0.25, 0.3) is 0 Å². The molecular formula is C6H12N2O2. The van der Waals surface area contributed by atoms with Crippen LogP contribution in [0.3, 0.4) is 0 Å². The van der Waals surface area contributed by atoms with Gasteiger partial charge in [0.05, 0.1) is 0 Å². The lowest BCUT2D eigenvalue weighted by atomic mass is 10.5. The Morgan fingerprint density at radius 2 is 2.60 bits per heavy atom. The minimum absolute atomic E-state index is 0.351. The Hall–Kier alpha value is -1.03. The van der Waals surface area contributed by atoms with E-state index in [9.17, 15) is 4.79 Å². The largest absolute Gasteiger partial charge is 0.431 e. The van der Waals surface area contributed by atoms with Gasteiger partial charge in [-0.1, -0.05) is 6.08 Å². The molecule has 0 bridgehead atoms. The van der Waals surface area contributed by atoms with Crippen molar-refractivity contribution in [3.05, 3.63) is 12.7 Å². The van der Waals surface area contributed by atoms with Crippen molar-refractivity contribution in [1.29, 1.82) is 0 Å². The van der Waals surface area contributed by atoms with Crippen LogP contribution >= 0.6 is 0 Å². The summed E-state index contributed by atoms with van der Waals surface area (Å²) in [4.78, 5) is 10.1. The summed E-state index contributed by atoms with van der Waals surface area (Å²) in [6, 6.07) is 0. The first-order chi connectivity index (χ1) is 4.66. The SMILES string of the molecule is C=CCNC(C)OC(N)=O. The summed E-state index contributed by atoms with van der Waals surface area (Å²) >= 11 is 0. The second-order valence-electron chi connectivity index (χ2n) is 1.78. The second-order valence-corrected chi connectivity index (χ2v) is 1.78. The van der Waals surface area contributed by atoms with Crippen LogP contribution in [0.2, 0.25) is 0 Å². The molecule has 1 atom stereocenters. The molecule has 1 amide bonds. The molecule has 0 saturated carbocycles. The third-order valence-electron chi connectivity index (χ3n) is 0.843. The molecule has 0 aliphatic carbocycles. The second kappa shape index (κ2) is 4.81. The number of carbonyl (C=O) groups excluding carboxylic acids is 1. The molecular weight excluding hydrogens is 132 g/mol. The lowest BCUT2D eigenvalue weighted by molar-refractivity contribution is 0.0993. The normalized spacial score (nSPS) is 12.1. The molecule has 1 unspecified atom stereocenters. The third-order valence-corrected chi connectivity index (χ3v) is 0.843.